The second kappa shape index (κ2) is 6.47. The van der Waals surface area contributed by atoms with E-state index in [1.165, 1.54) is 12.1 Å². The van der Waals surface area contributed by atoms with E-state index in [0.29, 0.717) is 5.56 Å². The number of carbonyl (C=O) groups is 1. The highest BCUT2D eigenvalue weighted by molar-refractivity contribution is 5.75. The molecule has 0 saturated carbocycles. The number of nitrogens with zero attached hydrogens (tertiary/aromatic N) is 2. The highest BCUT2D eigenvalue weighted by Crippen LogP contribution is 2.26. The molecule has 0 aliphatic rings. The number of rotatable bonds is 5. The van der Waals surface area contributed by atoms with Crippen LogP contribution >= 0.6 is 0 Å². The SMILES string of the molecule is CCOC(=O)Cc1cc(CO)cc(C#N)c1[N+](=O)[O-]. The predicted molar refractivity (Wildman–Crippen MR) is 64.1 cm³/mol. The maximum Gasteiger partial charge on any atom is 0.310 e. The highest BCUT2D eigenvalue weighted by Gasteiger charge is 2.23. The molecule has 0 aliphatic heterocycles. The minimum absolute atomic E-state index is 0.0616. The van der Waals surface area contributed by atoms with Crippen LogP contribution in [0.2, 0.25) is 0 Å². The summed E-state index contributed by atoms with van der Waals surface area (Å²) in [5.41, 5.74) is -0.211. The van der Waals surface area contributed by atoms with Gasteiger partial charge in [0.1, 0.15) is 11.6 Å². The van der Waals surface area contributed by atoms with Crippen LogP contribution in [0, 0.1) is 21.4 Å². The number of nitriles is 1. The van der Waals surface area contributed by atoms with Crippen molar-refractivity contribution in [3.05, 3.63) is 38.9 Å². The lowest BCUT2D eigenvalue weighted by molar-refractivity contribution is -0.385. The molecule has 1 N–H and O–H groups in total. The summed E-state index contributed by atoms with van der Waals surface area (Å²) in [4.78, 5) is 21.7. The molecule has 0 atom stereocenters. The number of nitro groups is 1. The lowest BCUT2D eigenvalue weighted by Crippen LogP contribution is -2.10. The number of aliphatic hydroxyl groups is 1. The average molecular weight is 264 g/mol. The van der Waals surface area contributed by atoms with Gasteiger partial charge in [-0.2, -0.15) is 5.26 Å². The van der Waals surface area contributed by atoms with Crippen molar-refractivity contribution in [2.24, 2.45) is 0 Å². The third-order valence-corrected chi connectivity index (χ3v) is 2.37. The van der Waals surface area contributed by atoms with Gasteiger partial charge in [-0.15, -0.1) is 0 Å². The normalized spacial score (nSPS) is 9.74. The monoisotopic (exact) mass is 264 g/mol. The van der Waals surface area contributed by atoms with Gasteiger partial charge in [0.05, 0.1) is 24.6 Å². The number of aliphatic hydroxyl groups excluding tert-OH is 1. The van der Waals surface area contributed by atoms with E-state index < -0.39 is 16.6 Å². The van der Waals surface area contributed by atoms with Gasteiger partial charge in [-0.25, -0.2) is 0 Å². The molecule has 0 radical (unpaired) electrons. The standard InChI is InChI=1S/C12H12N2O5/c1-2-19-11(16)5-9-3-8(7-15)4-10(6-13)12(9)14(17)18/h3-4,15H,2,5,7H2,1H3. The van der Waals surface area contributed by atoms with Crippen LogP contribution in [0.5, 0.6) is 0 Å². The van der Waals surface area contributed by atoms with Crippen molar-refractivity contribution >= 4 is 11.7 Å². The zero-order valence-corrected chi connectivity index (χ0v) is 10.3. The van der Waals surface area contributed by atoms with Gasteiger partial charge >= 0.3 is 5.97 Å². The first kappa shape index (κ1) is 14.6. The van der Waals surface area contributed by atoms with E-state index in [-0.39, 0.29) is 30.8 Å². The van der Waals surface area contributed by atoms with Gasteiger partial charge in [0, 0.05) is 5.56 Å². The Morgan fingerprint density at radius 3 is 2.74 bits per heavy atom. The van der Waals surface area contributed by atoms with Crippen molar-refractivity contribution < 1.29 is 19.6 Å². The van der Waals surface area contributed by atoms with E-state index in [4.69, 9.17) is 15.1 Å². The molecule has 1 aromatic carbocycles. The van der Waals surface area contributed by atoms with E-state index in [2.05, 4.69) is 0 Å². The number of ether oxygens (including phenoxy) is 1. The Bertz CT molecular complexity index is 548. The van der Waals surface area contributed by atoms with Crippen molar-refractivity contribution in [1.29, 1.82) is 5.26 Å². The molecule has 0 fully saturated rings. The number of nitro benzene ring substituents is 1. The molecular formula is C12H12N2O5. The summed E-state index contributed by atoms with van der Waals surface area (Å²) in [5, 5.41) is 28.9. The Hall–Kier alpha value is -2.46. The fourth-order valence-corrected chi connectivity index (χ4v) is 1.65. The van der Waals surface area contributed by atoms with Crippen LogP contribution in [0.15, 0.2) is 12.1 Å². The lowest BCUT2D eigenvalue weighted by atomic mass is 10.0. The van der Waals surface area contributed by atoms with Crippen molar-refractivity contribution in [1.82, 2.24) is 0 Å². The summed E-state index contributed by atoms with van der Waals surface area (Å²) >= 11 is 0. The molecule has 0 spiro atoms. The number of hydrogen-bond acceptors (Lipinski definition) is 6. The van der Waals surface area contributed by atoms with E-state index in [1.54, 1.807) is 13.0 Å². The van der Waals surface area contributed by atoms with E-state index >= 15 is 0 Å². The van der Waals surface area contributed by atoms with Crippen LogP contribution in [0.4, 0.5) is 5.69 Å². The van der Waals surface area contributed by atoms with Gasteiger partial charge < -0.3 is 9.84 Å². The first-order chi connectivity index (χ1) is 9.03. The van der Waals surface area contributed by atoms with Crippen molar-refractivity contribution in [3.8, 4) is 6.07 Å². The summed E-state index contributed by atoms with van der Waals surface area (Å²) in [7, 11) is 0. The molecule has 19 heavy (non-hydrogen) atoms. The third kappa shape index (κ3) is 3.50. The number of benzene rings is 1. The summed E-state index contributed by atoms with van der Waals surface area (Å²) in [6.45, 7) is 1.41. The predicted octanol–water partition coefficient (Wildman–Crippen LogP) is 1.06. The largest absolute Gasteiger partial charge is 0.466 e. The maximum atomic E-state index is 11.4. The van der Waals surface area contributed by atoms with Crippen molar-refractivity contribution in [2.75, 3.05) is 6.61 Å². The molecule has 1 aromatic rings. The first-order valence-corrected chi connectivity index (χ1v) is 5.50. The Morgan fingerprint density at radius 2 is 2.26 bits per heavy atom. The van der Waals surface area contributed by atoms with Crippen molar-refractivity contribution in [2.45, 2.75) is 20.0 Å². The first-order valence-electron chi connectivity index (χ1n) is 5.50. The molecule has 0 bridgehead atoms. The van der Waals surface area contributed by atoms with Gasteiger partial charge in [-0.05, 0) is 24.6 Å². The van der Waals surface area contributed by atoms with Gasteiger partial charge in [-0.1, -0.05) is 0 Å². The molecule has 0 aliphatic carbocycles. The highest BCUT2D eigenvalue weighted by atomic mass is 16.6. The molecule has 0 saturated heterocycles. The Kier molecular flexibility index (Phi) is 4.97. The number of hydrogen-bond donors (Lipinski definition) is 1. The fourth-order valence-electron chi connectivity index (χ4n) is 1.65. The lowest BCUT2D eigenvalue weighted by Gasteiger charge is -2.06. The van der Waals surface area contributed by atoms with Crippen LogP contribution in [0.3, 0.4) is 0 Å². The Balaban J connectivity index is 3.30. The Morgan fingerprint density at radius 1 is 1.58 bits per heavy atom. The number of carbonyl (C=O) groups excluding carboxylic acids is 1. The van der Waals surface area contributed by atoms with E-state index in [1.807, 2.05) is 0 Å². The molecule has 0 aromatic heterocycles. The molecule has 0 amide bonds. The molecule has 0 heterocycles. The smallest absolute Gasteiger partial charge is 0.310 e. The summed E-state index contributed by atoms with van der Waals surface area (Å²) < 4.78 is 4.72. The van der Waals surface area contributed by atoms with Crippen LogP contribution in [-0.4, -0.2) is 22.6 Å². The van der Waals surface area contributed by atoms with Gasteiger partial charge in [0.2, 0.25) is 0 Å². The third-order valence-electron chi connectivity index (χ3n) is 2.37. The second-order valence-corrected chi connectivity index (χ2v) is 3.66. The minimum atomic E-state index is -0.714. The molecule has 7 nitrogen and oxygen atoms in total. The van der Waals surface area contributed by atoms with E-state index in [0.717, 1.165) is 0 Å². The molecular weight excluding hydrogens is 252 g/mol. The van der Waals surface area contributed by atoms with Crippen LogP contribution in [0.25, 0.3) is 0 Å². The topological polar surface area (TPSA) is 113 Å². The Labute approximate surface area is 109 Å². The minimum Gasteiger partial charge on any atom is -0.466 e. The fraction of sp³-hybridized carbons (Fsp3) is 0.333. The van der Waals surface area contributed by atoms with Gasteiger partial charge in [-0.3, -0.25) is 14.9 Å². The zero-order chi connectivity index (χ0) is 14.4. The summed E-state index contributed by atoms with van der Waals surface area (Å²) in [5.74, 6) is -0.621. The van der Waals surface area contributed by atoms with Gasteiger partial charge in [0.15, 0.2) is 0 Å². The quantitative estimate of drug-likeness (QED) is 0.483. The average Bonchev–Trinajstić information content (AvgIpc) is 2.37. The zero-order valence-electron chi connectivity index (χ0n) is 10.3. The van der Waals surface area contributed by atoms with Crippen LogP contribution in [-0.2, 0) is 22.6 Å². The second-order valence-electron chi connectivity index (χ2n) is 3.66. The van der Waals surface area contributed by atoms with E-state index in [9.17, 15) is 14.9 Å². The molecule has 1 rings (SSSR count). The maximum absolute atomic E-state index is 11.4. The van der Waals surface area contributed by atoms with Crippen LogP contribution in [0.1, 0.15) is 23.6 Å². The summed E-state index contributed by atoms with van der Waals surface area (Å²) in [6, 6.07) is 4.25. The summed E-state index contributed by atoms with van der Waals surface area (Å²) in [6.07, 6.45) is -0.313. The number of esters is 1. The molecule has 100 valence electrons. The molecule has 7 heteroatoms. The van der Waals surface area contributed by atoms with Gasteiger partial charge in [0.25, 0.3) is 5.69 Å². The van der Waals surface area contributed by atoms with Crippen molar-refractivity contribution in [3.63, 3.8) is 0 Å². The molecule has 0 unspecified atom stereocenters. The van der Waals surface area contributed by atoms with Crippen LogP contribution < -0.4 is 0 Å².